The Morgan fingerprint density at radius 2 is 2.31 bits per heavy atom. The van der Waals surface area contributed by atoms with Crippen LogP contribution in [0.15, 0.2) is 18.2 Å². The van der Waals surface area contributed by atoms with Crippen LogP contribution in [0.2, 0.25) is 0 Å². The van der Waals surface area contributed by atoms with E-state index >= 15 is 0 Å². The molecule has 0 aliphatic carbocycles. The quantitative estimate of drug-likeness (QED) is 0.823. The van der Waals surface area contributed by atoms with Crippen LogP contribution in [0.25, 0.3) is 0 Å². The van der Waals surface area contributed by atoms with E-state index in [1.807, 2.05) is 6.07 Å². The van der Waals surface area contributed by atoms with Gasteiger partial charge in [-0.3, -0.25) is 4.39 Å². The Morgan fingerprint density at radius 3 is 3.19 bits per heavy atom. The monoisotopic (exact) mass is 221 g/mol. The Labute approximate surface area is 94.8 Å². The van der Waals surface area contributed by atoms with E-state index in [1.165, 1.54) is 11.1 Å². The predicted molar refractivity (Wildman–Crippen MR) is 60.7 cm³/mol. The van der Waals surface area contributed by atoms with Crippen molar-refractivity contribution >= 4 is 0 Å². The first-order valence-electron chi connectivity index (χ1n) is 5.91. The summed E-state index contributed by atoms with van der Waals surface area (Å²) in [6, 6.07) is 6.32. The summed E-state index contributed by atoms with van der Waals surface area (Å²) in [5, 5.41) is 3.27. The van der Waals surface area contributed by atoms with Gasteiger partial charge in [0.25, 0.3) is 0 Å². The smallest absolute Gasteiger partial charge is 0.122 e. The van der Waals surface area contributed by atoms with Crippen LogP contribution in [-0.2, 0) is 6.42 Å². The lowest BCUT2D eigenvalue weighted by atomic mass is 9.88. The molecule has 1 aromatic carbocycles. The highest BCUT2D eigenvalue weighted by molar-refractivity contribution is 5.41. The number of hydrogen-bond donors (Lipinski definition) is 1. The zero-order chi connectivity index (χ0) is 11.0. The zero-order valence-corrected chi connectivity index (χ0v) is 9.21. The topological polar surface area (TPSA) is 21.3 Å². The lowest BCUT2D eigenvalue weighted by Gasteiger charge is -2.16. The van der Waals surface area contributed by atoms with Crippen molar-refractivity contribution in [2.45, 2.75) is 12.3 Å². The van der Waals surface area contributed by atoms with E-state index in [1.54, 1.807) is 0 Å². The molecular weight excluding hydrogens is 205 g/mol. The van der Waals surface area contributed by atoms with E-state index in [-0.39, 0.29) is 12.6 Å². The molecule has 3 heteroatoms. The van der Waals surface area contributed by atoms with Crippen molar-refractivity contribution in [3.63, 3.8) is 0 Å². The number of alkyl halides is 1. The Kier molecular flexibility index (Phi) is 2.56. The summed E-state index contributed by atoms with van der Waals surface area (Å²) >= 11 is 0. The van der Waals surface area contributed by atoms with Gasteiger partial charge in [0.05, 0.1) is 13.3 Å². The third-order valence-corrected chi connectivity index (χ3v) is 3.68. The maximum absolute atomic E-state index is 12.8. The summed E-state index contributed by atoms with van der Waals surface area (Å²) in [5.74, 6) is 1.47. The van der Waals surface area contributed by atoms with Gasteiger partial charge in [0, 0.05) is 31.3 Å². The zero-order valence-electron chi connectivity index (χ0n) is 9.21. The standard InChI is InChI=1S/C13H16FNO/c14-6-11-7-15-8-12(11)9-1-2-13-10(5-9)3-4-16-13/h1-2,5,11-12,15H,3-4,6-8H2/t11-,12-/m0/s1. The molecule has 86 valence electrons. The van der Waals surface area contributed by atoms with Gasteiger partial charge in [0.2, 0.25) is 0 Å². The first-order valence-corrected chi connectivity index (χ1v) is 5.91. The van der Waals surface area contributed by atoms with Crippen molar-refractivity contribution in [3.05, 3.63) is 29.3 Å². The largest absolute Gasteiger partial charge is 0.493 e. The highest BCUT2D eigenvalue weighted by atomic mass is 19.1. The van der Waals surface area contributed by atoms with Gasteiger partial charge < -0.3 is 10.1 Å². The SMILES string of the molecule is FC[C@H]1CNC[C@H]1c1ccc2c(c1)CCO2. The van der Waals surface area contributed by atoms with Gasteiger partial charge in [-0.1, -0.05) is 12.1 Å². The van der Waals surface area contributed by atoms with Gasteiger partial charge in [0.1, 0.15) is 5.75 Å². The summed E-state index contributed by atoms with van der Waals surface area (Å²) in [7, 11) is 0. The average Bonchev–Trinajstić information content (AvgIpc) is 2.96. The molecule has 1 fully saturated rings. The Morgan fingerprint density at radius 1 is 1.38 bits per heavy atom. The molecule has 3 rings (SSSR count). The number of fused-ring (bicyclic) bond motifs is 1. The molecule has 0 aromatic heterocycles. The van der Waals surface area contributed by atoms with Crippen LogP contribution in [0.4, 0.5) is 4.39 Å². The van der Waals surface area contributed by atoms with Gasteiger partial charge >= 0.3 is 0 Å². The molecule has 1 saturated heterocycles. The fourth-order valence-electron chi connectivity index (χ4n) is 2.72. The van der Waals surface area contributed by atoms with Crippen LogP contribution in [-0.4, -0.2) is 26.4 Å². The molecule has 2 heterocycles. The van der Waals surface area contributed by atoms with E-state index in [0.717, 1.165) is 31.9 Å². The van der Waals surface area contributed by atoms with Gasteiger partial charge in [-0.15, -0.1) is 0 Å². The fraction of sp³-hybridized carbons (Fsp3) is 0.538. The van der Waals surface area contributed by atoms with Gasteiger partial charge in [-0.2, -0.15) is 0 Å². The first kappa shape index (κ1) is 10.1. The lowest BCUT2D eigenvalue weighted by molar-refractivity contribution is 0.355. The van der Waals surface area contributed by atoms with Crippen LogP contribution in [0.3, 0.4) is 0 Å². The second-order valence-corrected chi connectivity index (χ2v) is 4.64. The van der Waals surface area contributed by atoms with E-state index < -0.39 is 0 Å². The first-order chi connectivity index (χ1) is 7.88. The van der Waals surface area contributed by atoms with Crippen molar-refractivity contribution in [2.24, 2.45) is 5.92 Å². The molecule has 1 N–H and O–H groups in total. The molecule has 0 bridgehead atoms. The molecule has 2 aliphatic heterocycles. The van der Waals surface area contributed by atoms with Gasteiger partial charge in [0.15, 0.2) is 0 Å². The maximum Gasteiger partial charge on any atom is 0.122 e. The molecule has 0 unspecified atom stereocenters. The molecule has 0 amide bonds. The van der Waals surface area contributed by atoms with Gasteiger partial charge in [-0.05, 0) is 17.2 Å². The normalized spacial score (nSPS) is 27.8. The number of nitrogens with one attached hydrogen (secondary N) is 1. The Balaban J connectivity index is 1.89. The lowest BCUT2D eigenvalue weighted by Crippen LogP contribution is -2.12. The van der Waals surface area contributed by atoms with Crippen molar-refractivity contribution in [1.29, 1.82) is 0 Å². The van der Waals surface area contributed by atoms with Crippen molar-refractivity contribution in [1.82, 2.24) is 5.32 Å². The fourth-order valence-corrected chi connectivity index (χ4v) is 2.72. The van der Waals surface area contributed by atoms with E-state index in [4.69, 9.17) is 4.74 Å². The number of hydrogen-bond acceptors (Lipinski definition) is 2. The molecule has 2 nitrogen and oxygen atoms in total. The molecule has 0 saturated carbocycles. The van der Waals surface area contributed by atoms with Gasteiger partial charge in [-0.25, -0.2) is 0 Å². The molecule has 1 aromatic rings. The third kappa shape index (κ3) is 1.59. The summed E-state index contributed by atoms with van der Waals surface area (Å²) in [4.78, 5) is 0. The predicted octanol–water partition coefficient (Wildman–Crippen LogP) is 1.89. The Hall–Kier alpha value is -1.09. The van der Waals surface area contributed by atoms with Crippen molar-refractivity contribution < 1.29 is 9.13 Å². The minimum Gasteiger partial charge on any atom is -0.493 e. The average molecular weight is 221 g/mol. The molecule has 2 aliphatic rings. The van der Waals surface area contributed by atoms with Crippen LogP contribution in [0, 0.1) is 5.92 Å². The molecule has 0 spiro atoms. The Bertz CT molecular complexity index is 394. The van der Waals surface area contributed by atoms with Crippen molar-refractivity contribution in [2.75, 3.05) is 26.4 Å². The number of benzene rings is 1. The molecule has 0 radical (unpaired) electrons. The highest BCUT2D eigenvalue weighted by Crippen LogP contribution is 2.33. The second-order valence-electron chi connectivity index (χ2n) is 4.64. The van der Waals surface area contributed by atoms with E-state index in [9.17, 15) is 4.39 Å². The minimum absolute atomic E-state index is 0.139. The third-order valence-electron chi connectivity index (χ3n) is 3.68. The van der Waals surface area contributed by atoms with Crippen LogP contribution < -0.4 is 10.1 Å². The molecule has 16 heavy (non-hydrogen) atoms. The van der Waals surface area contributed by atoms with E-state index in [0.29, 0.717) is 5.92 Å². The number of halogens is 1. The summed E-state index contributed by atoms with van der Waals surface area (Å²) in [6.07, 6.45) is 0.990. The number of rotatable bonds is 2. The summed E-state index contributed by atoms with van der Waals surface area (Å²) < 4.78 is 18.3. The minimum atomic E-state index is -0.231. The highest BCUT2D eigenvalue weighted by Gasteiger charge is 2.29. The number of ether oxygens (including phenoxy) is 1. The second kappa shape index (κ2) is 4.06. The molecular formula is C13H16FNO. The van der Waals surface area contributed by atoms with Crippen LogP contribution in [0.5, 0.6) is 5.75 Å². The molecule has 2 atom stereocenters. The van der Waals surface area contributed by atoms with Crippen molar-refractivity contribution in [3.8, 4) is 5.75 Å². The van der Waals surface area contributed by atoms with Crippen LogP contribution >= 0.6 is 0 Å². The van der Waals surface area contributed by atoms with Crippen LogP contribution in [0.1, 0.15) is 17.0 Å². The summed E-state index contributed by atoms with van der Waals surface area (Å²) in [6.45, 7) is 2.25. The maximum atomic E-state index is 12.8. The summed E-state index contributed by atoms with van der Waals surface area (Å²) in [5.41, 5.74) is 2.54. The van der Waals surface area contributed by atoms with E-state index in [2.05, 4.69) is 17.4 Å².